The number of hydrogen-bond acceptors (Lipinski definition) is 8. The highest BCUT2D eigenvalue weighted by Gasteiger charge is 2.54. The minimum Gasteiger partial charge on any atom is -0.456 e. The van der Waals surface area contributed by atoms with E-state index in [1.165, 1.54) is 24.3 Å². The Bertz CT molecular complexity index is 976. The van der Waals surface area contributed by atoms with Crippen LogP contribution in [-0.4, -0.2) is 43.9 Å². The van der Waals surface area contributed by atoms with Gasteiger partial charge in [-0.3, -0.25) is 19.8 Å². The highest BCUT2D eigenvalue weighted by Crippen LogP contribution is 2.41. The maximum absolute atomic E-state index is 14.4. The van der Waals surface area contributed by atoms with Crippen molar-refractivity contribution in [2.45, 2.75) is 30.9 Å². The highest BCUT2D eigenvalue weighted by atomic mass is 32.2. The normalized spacial score (nSPS) is 20.0. The van der Waals surface area contributed by atoms with Crippen LogP contribution in [0, 0.1) is 21.4 Å². The van der Waals surface area contributed by atoms with E-state index in [0.29, 0.717) is 17.0 Å². The molecule has 0 aliphatic carbocycles. The highest BCUT2D eigenvalue weighted by molar-refractivity contribution is 8.00. The number of nitro benzene ring substituents is 1. The van der Waals surface area contributed by atoms with Gasteiger partial charge in [-0.15, -0.1) is 11.8 Å². The lowest BCUT2D eigenvalue weighted by Crippen LogP contribution is -2.70. The molecule has 30 heavy (non-hydrogen) atoms. The number of benzene rings is 1. The maximum Gasteiger partial charge on any atom is 0.358 e. The number of fused-ring (bicyclic) bond motifs is 1. The lowest BCUT2D eigenvalue weighted by Gasteiger charge is -2.49. The third-order valence-electron chi connectivity index (χ3n) is 4.41. The van der Waals surface area contributed by atoms with Gasteiger partial charge in [0.2, 0.25) is 0 Å². The van der Waals surface area contributed by atoms with Crippen LogP contribution in [0.1, 0.15) is 18.4 Å². The third kappa shape index (κ3) is 4.42. The van der Waals surface area contributed by atoms with Crippen molar-refractivity contribution in [1.29, 1.82) is 5.26 Å². The Kier molecular flexibility index (Phi) is 6.63. The Hall–Kier alpha value is -3.04. The number of carbonyl (C=O) groups excluding carboxylic acids is 2. The SMILES string of the molecule is N#CCCC(=S)NC1C(=O)N2C(C(=O)OCc3ccc([N+](=O)[O-])cc3)=C(F)CS[C@H]12. The van der Waals surface area contributed by atoms with Gasteiger partial charge in [-0.1, -0.05) is 12.2 Å². The number of β-lactam (4-membered cyclic amide) rings is 1. The topological polar surface area (TPSA) is 126 Å². The molecule has 1 saturated heterocycles. The van der Waals surface area contributed by atoms with Crippen molar-refractivity contribution in [3.63, 3.8) is 0 Å². The molecule has 1 fully saturated rings. The molecule has 9 nitrogen and oxygen atoms in total. The lowest BCUT2D eigenvalue weighted by atomic mass is 10.0. The molecule has 0 spiro atoms. The standard InChI is InChI=1S/C18H15FN4O5S2/c19-12-9-30-17-14(21-13(29)2-1-7-20)16(24)22(17)15(12)18(25)28-8-10-3-5-11(6-4-10)23(26)27/h3-6,14,17H,1-2,8-9H2,(H,21,29)/t14?,17-/m1/s1. The summed E-state index contributed by atoms with van der Waals surface area (Å²) >= 11 is 6.26. The Morgan fingerprint density at radius 2 is 2.17 bits per heavy atom. The number of non-ortho nitro benzene ring substituents is 1. The number of halogens is 1. The van der Waals surface area contributed by atoms with E-state index >= 15 is 0 Å². The van der Waals surface area contributed by atoms with Crippen LogP contribution in [0.4, 0.5) is 10.1 Å². The summed E-state index contributed by atoms with van der Waals surface area (Å²) in [7, 11) is 0. The molecular formula is C18H15FN4O5S2. The molecule has 2 aliphatic rings. The van der Waals surface area contributed by atoms with Crippen LogP contribution in [0.5, 0.6) is 0 Å². The first-order valence-electron chi connectivity index (χ1n) is 8.73. The quantitative estimate of drug-likeness (QED) is 0.219. The lowest BCUT2D eigenvalue weighted by molar-refractivity contribution is -0.384. The second-order valence-corrected chi connectivity index (χ2v) is 7.96. The van der Waals surface area contributed by atoms with Crippen LogP contribution in [0.2, 0.25) is 0 Å². The van der Waals surface area contributed by atoms with Gasteiger partial charge in [-0.05, 0) is 17.7 Å². The van der Waals surface area contributed by atoms with Crippen molar-refractivity contribution >= 4 is 46.5 Å². The Labute approximate surface area is 180 Å². The Morgan fingerprint density at radius 1 is 1.47 bits per heavy atom. The zero-order valence-corrected chi connectivity index (χ0v) is 17.0. The molecule has 1 unspecified atom stereocenters. The molecule has 2 aliphatic heterocycles. The predicted molar refractivity (Wildman–Crippen MR) is 108 cm³/mol. The number of nitrogens with zero attached hydrogens (tertiary/aromatic N) is 3. The maximum atomic E-state index is 14.4. The van der Waals surface area contributed by atoms with Crippen molar-refractivity contribution in [2.24, 2.45) is 0 Å². The number of carbonyl (C=O) groups is 2. The summed E-state index contributed by atoms with van der Waals surface area (Å²) in [5.41, 5.74) is -0.0657. The zero-order chi connectivity index (χ0) is 21.8. The third-order valence-corrected chi connectivity index (χ3v) is 5.98. The van der Waals surface area contributed by atoms with Gasteiger partial charge in [0.05, 0.1) is 16.0 Å². The second kappa shape index (κ2) is 9.19. The Balaban J connectivity index is 1.63. The van der Waals surface area contributed by atoms with E-state index in [0.717, 1.165) is 16.7 Å². The monoisotopic (exact) mass is 450 g/mol. The largest absolute Gasteiger partial charge is 0.456 e. The summed E-state index contributed by atoms with van der Waals surface area (Å²) in [4.78, 5) is 36.5. The van der Waals surface area contributed by atoms with Gasteiger partial charge in [-0.25, -0.2) is 9.18 Å². The van der Waals surface area contributed by atoms with Gasteiger partial charge in [0.15, 0.2) is 5.70 Å². The van der Waals surface area contributed by atoms with Crippen LogP contribution in [0.15, 0.2) is 35.8 Å². The first-order chi connectivity index (χ1) is 14.3. The zero-order valence-electron chi connectivity index (χ0n) is 15.4. The van der Waals surface area contributed by atoms with Gasteiger partial charge in [0.1, 0.15) is 23.8 Å². The summed E-state index contributed by atoms with van der Waals surface area (Å²) in [5.74, 6) is -2.36. The van der Waals surface area contributed by atoms with Crippen LogP contribution in [-0.2, 0) is 20.9 Å². The minimum absolute atomic E-state index is 0.0977. The van der Waals surface area contributed by atoms with E-state index in [1.54, 1.807) is 0 Å². The number of thiocarbonyl (C=S) groups is 1. The summed E-state index contributed by atoms with van der Waals surface area (Å²) in [6, 6.07) is 6.63. The number of nitro groups is 1. The van der Waals surface area contributed by atoms with E-state index in [4.69, 9.17) is 22.2 Å². The van der Waals surface area contributed by atoms with Crippen molar-refractivity contribution in [1.82, 2.24) is 10.2 Å². The van der Waals surface area contributed by atoms with Crippen molar-refractivity contribution in [3.8, 4) is 6.07 Å². The summed E-state index contributed by atoms with van der Waals surface area (Å²) < 4.78 is 19.5. The minimum atomic E-state index is -0.991. The number of hydrogen-bond donors (Lipinski definition) is 1. The van der Waals surface area contributed by atoms with E-state index in [2.05, 4.69) is 5.32 Å². The molecule has 0 radical (unpaired) electrons. The summed E-state index contributed by atoms with van der Waals surface area (Å²) in [5, 5.41) is 21.6. The van der Waals surface area contributed by atoms with Crippen LogP contribution in [0.25, 0.3) is 0 Å². The molecule has 1 amide bonds. The first-order valence-corrected chi connectivity index (χ1v) is 10.2. The number of amides is 1. The van der Waals surface area contributed by atoms with Crippen molar-refractivity contribution < 1.29 is 23.6 Å². The summed E-state index contributed by atoms with van der Waals surface area (Å²) in [6.45, 7) is -0.229. The fourth-order valence-corrected chi connectivity index (χ4v) is 4.34. The number of ether oxygens (including phenoxy) is 1. The van der Waals surface area contributed by atoms with Gasteiger partial charge in [0.25, 0.3) is 11.6 Å². The molecular weight excluding hydrogens is 435 g/mol. The fraction of sp³-hybridized carbons (Fsp3) is 0.333. The second-order valence-electron chi connectivity index (χ2n) is 6.37. The number of thioether (sulfide) groups is 1. The van der Waals surface area contributed by atoms with Gasteiger partial charge >= 0.3 is 5.97 Å². The van der Waals surface area contributed by atoms with Crippen molar-refractivity contribution in [2.75, 3.05) is 5.75 Å². The smallest absolute Gasteiger partial charge is 0.358 e. The Morgan fingerprint density at radius 3 is 2.80 bits per heavy atom. The number of rotatable bonds is 7. The van der Waals surface area contributed by atoms with Gasteiger partial charge in [-0.2, -0.15) is 5.26 Å². The molecule has 2 heterocycles. The molecule has 0 saturated carbocycles. The van der Waals surface area contributed by atoms with E-state index in [1.807, 2.05) is 6.07 Å². The van der Waals surface area contributed by atoms with E-state index in [-0.39, 0.29) is 24.5 Å². The van der Waals surface area contributed by atoms with Gasteiger partial charge in [0, 0.05) is 30.7 Å². The van der Waals surface area contributed by atoms with E-state index in [9.17, 15) is 24.1 Å². The molecule has 12 heteroatoms. The average Bonchev–Trinajstić information content (AvgIpc) is 2.74. The van der Waals surface area contributed by atoms with E-state index < -0.39 is 39.7 Å². The average molecular weight is 450 g/mol. The predicted octanol–water partition coefficient (Wildman–Crippen LogP) is 2.32. The van der Waals surface area contributed by atoms with Crippen LogP contribution >= 0.6 is 24.0 Å². The summed E-state index contributed by atoms with van der Waals surface area (Å²) in [6.07, 6.45) is 0.518. The molecule has 1 aromatic carbocycles. The molecule has 0 bridgehead atoms. The molecule has 3 rings (SSSR count). The molecule has 1 aromatic rings. The van der Waals surface area contributed by atoms with Crippen LogP contribution in [0.3, 0.4) is 0 Å². The fourth-order valence-electron chi connectivity index (χ4n) is 2.92. The van der Waals surface area contributed by atoms with Crippen molar-refractivity contribution in [3.05, 3.63) is 51.5 Å². The van der Waals surface area contributed by atoms with Crippen LogP contribution < -0.4 is 5.32 Å². The molecule has 2 atom stereocenters. The molecule has 1 N–H and O–H groups in total. The first kappa shape index (κ1) is 21.7. The number of nitriles is 1. The van der Waals surface area contributed by atoms with Gasteiger partial charge < -0.3 is 10.1 Å². The molecule has 156 valence electrons. The number of esters is 1. The molecule has 0 aromatic heterocycles. The number of nitrogens with one attached hydrogen (secondary N) is 1.